The molecule has 104 valence electrons. The minimum atomic E-state index is -0.394. The van der Waals surface area contributed by atoms with Gasteiger partial charge in [-0.25, -0.2) is 0 Å². The van der Waals surface area contributed by atoms with E-state index in [0.29, 0.717) is 19.4 Å². The van der Waals surface area contributed by atoms with Crippen LogP contribution in [0, 0.1) is 0 Å². The number of esters is 1. The summed E-state index contributed by atoms with van der Waals surface area (Å²) in [6, 6.07) is 7.27. The lowest BCUT2D eigenvalue weighted by molar-refractivity contribution is -0.145. The van der Waals surface area contributed by atoms with Crippen molar-refractivity contribution in [2.24, 2.45) is 0 Å². The Kier molecular flexibility index (Phi) is 6.06. The van der Waals surface area contributed by atoms with E-state index in [2.05, 4.69) is 0 Å². The van der Waals surface area contributed by atoms with Crippen molar-refractivity contribution in [3.63, 3.8) is 0 Å². The Balaban J connectivity index is 2.86. The Morgan fingerprint density at radius 1 is 1.21 bits per heavy atom. The Bertz CT molecular complexity index is 422. The van der Waals surface area contributed by atoms with Crippen LogP contribution in [0.15, 0.2) is 24.3 Å². The molecule has 1 unspecified atom stereocenters. The van der Waals surface area contributed by atoms with Crippen LogP contribution >= 0.6 is 0 Å². The third-order valence-corrected chi connectivity index (χ3v) is 2.87. The summed E-state index contributed by atoms with van der Waals surface area (Å²) in [6.45, 7) is 3.63. The number of ether oxygens (including phenoxy) is 2. The predicted molar refractivity (Wildman–Crippen MR) is 72.3 cm³/mol. The Labute approximate surface area is 113 Å². The molecule has 4 heteroatoms. The number of ketones is 1. The molecular formula is C15H20O4. The Hall–Kier alpha value is -1.84. The van der Waals surface area contributed by atoms with Gasteiger partial charge in [-0.1, -0.05) is 12.1 Å². The van der Waals surface area contributed by atoms with Crippen molar-refractivity contribution < 1.29 is 19.1 Å². The number of carbonyl (C=O) groups excluding carboxylic acids is 2. The Morgan fingerprint density at radius 3 is 2.32 bits per heavy atom. The van der Waals surface area contributed by atoms with Gasteiger partial charge >= 0.3 is 5.97 Å². The fourth-order valence-corrected chi connectivity index (χ4v) is 1.85. The highest BCUT2D eigenvalue weighted by atomic mass is 16.5. The molecule has 0 fully saturated rings. The lowest BCUT2D eigenvalue weighted by atomic mass is 9.93. The molecule has 0 amide bonds. The van der Waals surface area contributed by atoms with E-state index < -0.39 is 5.92 Å². The van der Waals surface area contributed by atoms with Gasteiger partial charge in [-0.15, -0.1) is 0 Å². The van der Waals surface area contributed by atoms with Gasteiger partial charge in [0.1, 0.15) is 11.5 Å². The van der Waals surface area contributed by atoms with E-state index in [1.807, 2.05) is 12.1 Å². The lowest BCUT2D eigenvalue weighted by Crippen LogP contribution is -2.17. The molecule has 1 rings (SSSR count). The second kappa shape index (κ2) is 7.56. The maximum absolute atomic E-state index is 11.9. The normalized spacial score (nSPS) is 11.7. The molecule has 0 aliphatic heterocycles. The second-order valence-corrected chi connectivity index (χ2v) is 4.32. The van der Waals surface area contributed by atoms with Gasteiger partial charge in [-0.3, -0.25) is 4.79 Å². The van der Waals surface area contributed by atoms with Crippen LogP contribution < -0.4 is 4.74 Å². The van der Waals surface area contributed by atoms with Crippen LogP contribution in [0.2, 0.25) is 0 Å². The lowest BCUT2D eigenvalue weighted by Gasteiger charge is -2.15. The van der Waals surface area contributed by atoms with E-state index in [-0.39, 0.29) is 11.8 Å². The van der Waals surface area contributed by atoms with Crippen LogP contribution in [0.4, 0.5) is 0 Å². The molecule has 1 aromatic rings. The average molecular weight is 264 g/mol. The number of rotatable bonds is 7. The summed E-state index contributed by atoms with van der Waals surface area (Å²) in [4.78, 5) is 23.0. The first-order valence-electron chi connectivity index (χ1n) is 6.38. The molecule has 0 aromatic heterocycles. The quantitative estimate of drug-likeness (QED) is 0.710. The summed E-state index contributed by atoms with van der Waals surface area (Å²) in [6.07, 6.45) is 0.843. The maximum Gasteiger partial charge on any atom is 0.313 e. The van der Waals surface area contributed by atoms with Crippen molar-refractivity contribution in [2.45, 2.75) is 32.6 Å². The minimum Gasteiger partial charge on any atom is -0.497 e. The van der Waals surface area contributed by atoms with Gasteiger partial charge in [0, 0.05) is 6.42 Å². The predicted octanol–water partition coefficient (Wildman–Crippen LogP) is 2.71. The molecule has 0 spiro atoms. The van der Waals surface area contributed by atoms with Crippen molar-refractivity contribution in [1.29, 1.82) is 0 Å². The van der Waals surface area contributed by atoms with Crippen LogP contribution in [0.5, 0.6) is 5.75 Å². The van der Waals surface area contributed by atoms with Crippen molar-refractivity contribution in [3.8, 4) is 5.75 Å². The highest BCUT2D eigenvalue weighted by Crippen LogP contribution is 2.25. The molecule has 0 aliphatic rings. The summed E-state index contributed by atoms with van der Waals surface area (Å²) in [5.74, 6) is 0.129. The van der Waals surface area contributed by atoms with Crippen molar-refractivity contribution in [3.05, 3.63) is 29.8 Å². The monoisotopic (exact) mass is 264 g/mol. The molecule has 1 aromatic carbocycles. The molecule has 0 bridgehead atoms. The summed E-state index contributed by atoms with van der Waals surface area (Å²) in [7, 11) is 1.59. The smallest absolute Gasteiger partial charge is 0.313 e. The highest BCUT2D eigenvalue weighted by Gasteiger charge is 2.22. The summed E-state index contributed by atoms with van der Waals surface area (Å²) in [5.41, 5.74) is 0.848. The summed E-state index contributed by atoms with van der Waals surface area (Å²) < 4.78 is 10.2. The third-order valence-electron chi connectivity index (χ3n) is 2.87. The Morgan fingerprint density at radius 2 is 1.84 bits per heavy atom. The summed E-state index contributed by atoms with van der Waals surface area (Å²) >= 11 is 0. The minimum absolute atomic E-state index is 0.0720. The SMILES string of the molecule is CCOC(=O)C(CCC(C)=O)c1ccc(OC)cc1. The van der Waals surface area contributed by atoms with Crippen molar-refractivity contribution in [1.82, 2.24) is 0 Å². The van der Waals surface area contributed by atoms with E-state index in [1.54, 1.807) is 26.2 Å². The molecule has 0 saturated carbocycles. The topological polar surface area (TPSA) is 52.6 Å². The van der Waals surface area contributed by atoms with Crippen molar-refractivity contribution in [2.75, 3.05) is 13.7 Å². The molecule has 0 saturated heterocycles. The van der Waals surface area contributed by atoms with Gasteiger partial charge in [0.2, 0.25) is 0 Å². The summed E-state index contributed by atoms with van der Waals surface area (Å²) in [5, 5.41) is 0. The van der Waals surface area contributed by atoms with E-state index >= 15 is 0 Å². The van der Waals surface area contributed by atoms with Gasteiger partial charge in [0.25, 0.3) is 0 Å². The largest absolute Gasteiger partial charge is 0.497 e. The maximum atomic E-state index is 11.9. The van der Waals surface area contributed by atoms with Gasteiger partial charge in [0.15, 0.2) is 0 Å². The zero-order valence-electron chi connectivity index (χ0n) is 11.6. The van der Waals surface area contributed by atoms with E-state index in [0.717, 1.165) is 11.3 Å². The first-order chi connectivity index (χ1) is 9.08. The van der Waals surface area contributed by atoms with E-state index in [1.165, 1.54) is 6.92 Å². The molecule has 0 N–H and O–H groups in total. The number of hydrogen-bond acceptors (Lipinski definition) is 4. The molecule has 19 heavy (non-hydrogen) atoms. The van der Waals surface area contributed by atoms with Crippen LogP contribution in [-0.2, 0) is 14.3 Å². The zero-order valence-corrected chi connectivity index (χ0v) is 11.6. The molecule has 1 atom stereocenters. The van der Waals surface area contributed by atoms with Crippen LogP contribution in [-0.4, -0.2) is 25.5 Å². The number of carbonyl (C=O) groups is 2. The number of Topliss-reactive ketones (excluding diaryl/α,β-unsaturated/α-hetero) is 1. The van der Waals surface area contributed by atoms with E-state index in [9.17, 15) is 9.59 Å². The number of hydrogen-bond donors (Lipinski definition) is 0. The fraction of sp³-hybridized carbons (Fsp3) is 0.467. The van der Waals surface area contributed by atoms with Gasteiger partial charge in [-0.2, -0.15) is 0 Å². The fourth-order valence-electron chi connectivity index (χ4n) is 1.85. The average Bonchev–Trinajstić information content (AvgIpc) is 2.39. The van der Waals surface area contributed by atoms with Crippen LogP contribution in [0.3, 0.4) is 0 Å². The van der Waals surface area contributed by atoms with Gasteiger partial charge in [-0.05, 0) is 38.0 Å². The second-order valence-electron chi connectivity index (χ2n) is 4.32. The standard InChI is InChI=1S/C15H20O4/c1-4-19-15(17)14(10-5-11(2)16)12-6-8-13(18-3)9-7-12/h6-9,14H,4-5,10H2,1-3H3. The third kappa shape index (κ3) is 4.73. The first kappa shape index (κ1) is 15.2. The first-order valence-corrected chi connectivity index (χ1v) is 6.38. The van der Waals surface area contributed by atoms with Gasteiger partial charge < -0.3 is 14.3 Å². The molecule has 0 aliphatic carbocycles. The molecule has 0 heterocycles. The van der Waals surface area contributed by atoms with Gasteiger partial charge in [0.05, 0.1) is 19.6 Å². The zero-order chi connectivity index (χ0) is 14.3. The number of methoxy groups -OCH3 is 1. The number of benzene rings is 1. The van der Waals surface area contributed by atoms with Crippen LogP contribution in [0.25, 0.3) is 0 Å². The van der Waals surface area contributed by atoms with Crippen LogP contribution in [0.1, 0.15) is 38.2 Å². The molecular weight excluding hydrogens is 244 g/mol. The van der Waals surface area contributed by atoms with E-state index in [4.69, 9.17) is 9.47 Å². The molecule has 0 radical (unpaired) electrons. The van der Waals surface area contributed by atoms with Crippen molar-refractivity contribution >= 4 is 11.8 Å². The highest BCUT2D eigenvalue weighted by molar-refractivity contribution is 5.80. The molecule has 4 nitrogen and oxygen atoms in total.